The number of hydrogen-bond acceptors (Lipinski definition) is 4. The summed E-state index contributed by atoms with van der Waals surface area (Å²) in [5, 5.41) is 9.16. The lowest BCUT2D eigenvalue weighted by Gasteiger charge is -2.31. The SMILES string of the molecule is COC(C)(C)CC(C)(C#N)CCOC(C)=O. The smallest absolute Gasteiger partial charge is 0.302 e. The molecule has 0 rings (SSSR count). The maximum atomic E-state index is 10.6. The minimum Gasteiger partial charge on any atom is -0.466 e. The molecule has 0 radical (unpaired) electrons. The van der Waals surface area contributed by atoms with Gasteiger partial charge >= 0.3 is 5.97 Å². The van der Waals surface area contributed by atoms with Gasteiger partial charge in [-0.25, -0.2) is 0 Å². The Bertz CT molecular complexity index is 280. The molecule has 0 N–H and O–H groups in total. The second-order valence-electron chi connectivity index (χ2n) is 4.90. The molecule has 0 aromatic rings. The third-order valence-corrected chi connectivity index (χ3v) is 2.60. The molecule has 0 aliphatic rings. The van der Waals surface area contributed by atoms with Crippen LogP contribution in [0.2, 0.25) is 0 Å². The van der Waals surface area contributed by atoms with Crippen LogP contribution in [-0.4, -0.2) is 25.3 Å². The normalized spacial score (nSPS) is 15.0. The van der Waals surface area contributed by atoms with Crippen molar-refractivity contribution in [3.63, 3.8) is 0 Å². The first-order valence-corrected chi connectivity index (χ1v) is 5.34. The number of hydrogen-bond donors (Lipinski definition) is 0. The van der Waals surface area contributed by atoms with E-state index in [1.807, 2.05) is 20.8 Å². The summed E-state index contributed by atoms with van der Waals surface area (Å²) in [7, 11) is 1.63. The second-order valence-corrected chi connectivity index (χ2v) is 4.90. The van der Waals surface area contributed by atoms with Crippen molar-refractivity contribution in [3.8, 4) is 6.07 Å². The highest BCUT2D eigenvalue weighted by molar-refractivity contribution is 5.65. The van der Waals surface area contributed by atoms with Crippen LogP contribution in [0.4, 0.5) is 0 Å². The Balaban J connectivity index is 4.33. The molecule has 0 aromatic heterocycles. The maximum Gasteiger partial charge on any atom is 0.302 e. The van der Waals surface area contributed by atoms with Crippen LogP contribution in [0.1, 0.15) is 40.5 Å². The number of methoxy groups -OCH3 is 1. The summed E-state index contributed by atoms with van der Waals surface area (Å²) < 4.78 is 10.2. The first-order valence-electron chi connectivity index (χ1n) is 5.34. The van der Waals surface area contributed by atoms with Gasteiger partial charge in [0.1, 0.15) is 0 Å². The predicted molar refractivity (Wildman–Crippen MR) is 60.7 cm³/mol. The predicted octanol–water partition coefficient (Wildman–Crippen LogP) is 2.28. The van der Waals surface area contributed by atoms with E-state index >= 15 is 0 Å². The molecule has 4 nitrogen and oxygen atoms in total. The molecule has 0 spiro atoms. The van der Waals surface area contributed by atoms with Crippen LogP contribution in [0.3, 0.4) is 0 Å². The fourth-order valence-corrected chi connectivity index (χ4v) is 1.62. The van der Waals surface area contributed by atoms with Crippen molar-refractivity contribution < 1.29 is 14.3 Å². The fourth-order valence-electron chi connectivity index (χ4n) is 1.62. The van der Waals surface area contributed by atoms with Crippen LogP contribution >= 0.6 is 0 Å². The van der Waals surface area contributed by atoms with Gasteiger partial charge in [-0.2, -0.15) is 5.26 Å². The molecule has 92 valence electrons. The highest BCUT2D eigenvalue weighted by Crippen LogP contribution is 2.32. The third kappa shape index (κ3) is 5.72. The van der Waals surface area contributed by atoms with E-state index in [1.165, 1.54) is 6.92 Å². The van der Waals surface area contributed by atoms with E-state index in [9.17, 15) is 4.79 Å². The van der Waals surface area contributed by atoms with Gasteiger partial charge in [-0.3, -0.25) is 4.79 Å². The molecule has 0 bridgehead atoms. The van der Waals surface area contributed by atoms with E-state index in [2.05, 4.69) is 6.07 Å². The Kier molecular flexibility index (Phi) is 5.46. The topological polar surface area (TPSA) is 59.3 Å². The Labute approximate surface area is 97.5 Å². The van der Waals surface area contributed by atoms with E-state index in [0.29, 0.717) is 12.8 Å². The lowest BCUT2D eigenvalue weighted by atomic mass is 9.79. The van der Waals surface area contributed by atoms with Crippen LogP contribution in [0, 0.1) is 16.7 Å². The van der Waals surface area contributed by atoms with Crippen molar-refractivity contribution >= 4 is 5.97 Å². The van der Waals surface area contributed by atoms with E-state index in [1.54, 1.807) is 7.11 Å². The average molecular weight is 227 g/mol. The summed E-state index contributed by atoms with van der Waals surface area (Å²) in [5.41, 5.74) is -0.879. The van der Waals surface area contributed by atoms with Gasteiger partial charge in [0.2, 0.25) is 0 Å². The summed E-state index contributed by atoms with van der Waals surface area (Å²) in [6.45, 7) is 7.38. The standard InChI is InChI=1S/C12H21NO3/c1-10(14)16-7-6-12(4,9-13)8-11(2,3)15-5/h6-8H2,1-5H3. The number of rotatable bonds is 6. The van der Waals surface area contributed by atoms with Crippen LogP contribution in [-0.2, 0) is 14.3 Å². The van der Waals surface area contributed by atoms with Crippen LogP contribution in [0.25, 0.3) is 0 Å². The van der Waals surface area contributed by atoms with Gasteiger partial charge in [-0.15, -0.1) is 0 Å². The lowest BCUT2D eigenvalue weighted by Crippen LogP contribution is -2.32. The lowest BCUT2D eigenvalue weighted by molar-refractivity contribution is -0.141. The van der Waals surface area contributed by atoms with E-state index in [4.69, 9.17) is 14.7 Å². The van der Waals surface area contributed by atoms with Crippen molar-refractivity contribution in [2.45, 2.75) is 46.1 Å². The van der Waals surface area contributed by atoms with E-state index in [0.717, 1.165) is 0 Å². The van der Waals surface area contributed by atoms with E-state index < -0.39 is 5.41 Å². The van der Waals surface area contributed by atoms with Gasteiger partial charge in [-0.1, -0.05) is 0 Å². The maximum absolute atomic E-state index is 10.6. The number of carbonyl (C=O) groups excluding carboxylic acids is 1. The zero-order chi connectivity index (χ0) is 12.8. The largest absolute Gasteiger partial charge is 0.466 e. The number of nitrogens with zero attached hydrogens (tertiary/aromatic N) is 1. The van der Waals surface area contributed by atoms with Gasteiger partial charge in [0.15, 0.2) is 0 Å². The molecule has 0 aliphatic carbocycles. The Morgan fingerprint density at radius 2 is 1.94 bits per heavy atom. The average Bonchev–Trinajstić information content (AvgIpc) is 2.16. The molecule has 16 heavy (non-hydrogen) atoms. The minimum atomic E-state index is -0.533. The van der Waals surface area contributed by atoms with Crippen LogP contribution < -0.4 is 0 Å². The van der Waals surface area contributed by atoms with Gasteiger partial charge < -0.3 is 9.47 Å². The monoisotopic (exact) mass is 227 g/mol. The molecule has 1 unspecified atom stereocenters. The summed E-state index contributed by atoms with van der Waals surface area (Å²) >= 11 is 0. The molecule has 0 amide bonds. The molecular formula is C12H21NO3. The summed E-state index contributed by atoms with van der Waals surface area (Å²) in [6.07, 6.45) is 1.13. The molecule has 0 saturated carbocycles. The van der Waals surface area contributed by atoms with Gasteiger partial charge in [0.05, 0.1) is 23.7 Å². The minimum absolute atomic E-state index is 0.277. The zero-order valence-electron chi connectivity index (χ0n) is 10.8. The highest BCUT2D eigenvalue weighted by atomic mass is 16.5. The van der Waals surface area contributed by atoms with E-state index in [-0.39, 0.29) is 18.2 Å². The molecular weight excluding hydrogens is 206 g/mol. The van der Waals surface area contributed by atoms with Crippen molar-refractivity contribution in [3.05, 3.63) is 0 Å². The van der Waals surface area contributed by atoms with Crippen LogP contribution in [0.15, 0.2) is 0 Å². The summed E-state index contributed by atoms with van der Waals surface area (Å²) in [5.74, 6) is -0.314. The third-order valence-electron chi connectivity index (χ3n) is 2.60. The molecule has 0 aromatic carbocycles. The quantitative estimate of drug-likeness (QED) is 0.653. The Morgan fingerprint density at radius 3 is 2.31 bits per heavy atom. The summed E-state index contributed by atoms with van der Waals surface area (Å²) in [4.78, 5) is 10.6. The molecule has 4 heteroatoms. The molecule has 1 atom stereocenters. The first-order chi connectivity index (χ1) is 7.24. The number of esters is 1. The molecule has 0 saturated heterocycles. The Hall–Kier alpha value is -1.08. The van der Waals surface area contributed by atoms with Gasteiger partial charge in [0, 0.05) is 14.0 Å². The molecule has 0 heterocycles. The van der Waals surface area contributed by atoms with Gasteiger partial charge in [-0.05, 0) is 33.6 Å². The molecule has 0 fully saturated rings. The Morgan fingerprint density at radius 1 is 1.38 bits per heavy atom. The zero-order valence-corrected chi connectivity index (χ0v) is 10.8. The molecule has 0 aliphatic heterocycles. The van der Waals surface area contributed by atoms with Crippen molar-refractivity contribution in [2.75, 3.05) is 13.7 Å². The highest BCUT2D eigenvalue weighted by Gasteiger charge is 2.32. The number of carbonyl (C=O) groups is 1. The van der Waals surface area contributed by atoms with Gasteiger partial charge in [0.25, 0.3) is 0 Å². The first kappa shape index (κ1) is 14.9. The van der Waals surface area contributed by atoms with Crippen molar-refractivity contribution in [2.24, 2.45) is 5.41 Å². The van der Waals surface area contributed by atoms with Crippen molar-refractivity contribution in [1.82, 2.24) is 0 Å². The van der Waals surface area contributed by atoms with Crippen LogP contribution in [0.5, 0.6) is 0 Å². The fraction of sp³-hybridized carbons (Fsp3) is 0.833. The number of nitriles is 1. The number of ether oxygens (including phenoxy) is 2. The van der Waals surface area contributed by atoms with Crippen molar-refractivity contribution in [1.29, 1.82) is 5.26 Å². The summed E-state index contributed by atoms with van der Waals surface area (Å²) in [6, 6.07) is 2.27. The second kappa shape index (κ2) is 5.86.